The maximum atomic E-state index is 13.1. The predicted molar refractivity (Wildman–Crippen MR) is 101 cm³/mol. The summed E-state index contributed by atoms with van der Waals surface area (Å²) in [7, 11) is 0. The second-order valence-corrected chi connectivity index (χ2v) is 6.81. The van der Waals surface area contributed by atoms with Crippen molar-refractivity contribution in [2.45, 2.75) is 45.2 Å². The Kier molecular flexibility index (Phi) is 5.12. The molecule has 0 saturated carbocycles. The molecule has 28 heavy (non-hydrogen) atoms. The molecule has 3 aromatic rings. The van der Waals surface area contributed by atoms with E-state index in [1.54, 1.807) is 12.4 Å². The number of hydrogen-bond acceptors (Lipinski definition) is 6. The number of piperidine rings is 1. The highest BCUT2D eigenvalue weighted by Crippen LogP contribution is 2.30. The van der Waals surface area contributed by atoms with E-state index in [0.29, 0.717) is 37.0 Å². The Balaban J connectivity index is 1.57. The molecular weight excluding hydrogens is 368 g/mol. The monoisotopic (exact) mass is 391 g/mol. The average molecular weight is 391 g/mol. The van der Waals surface area contributed by atoms with E-state index in [-0.39, 0.29) is 6.04 Å². The lowest BCUT2D eigenvalue weighted by Crippen LogP contribution is -2.43. The van der Waals surface area contributed by atoms with Gasteiger partial charge in [-0.2, -0.15) is 15.1 Å². The van der Waals surface area contributed by atoms with Gasteiger partial charge in [-0.15, -0.1) is 0 Å². The van der Waals surface area contributed by atoms with Crippen LogP contribution in [0.3, 0.4) is 0 Å². The van der Waals surface area contributed by atoms with Crippen molar-refractivity contribution in [3.8, 4) is 5.88 Å². The molecule has 1 saturated heterocycles. The van der Waals surface area contributed by atoms with Crippen molar-refractivity contribution in [2.75, 3.05) is 18.5 Å². The first kappa shape index (κ1) is 18.6. The molecule has 10 heteroatoms. The Morgan fingerprint density at radius 2 is 2.25 bits per heavy atom. The molecule has 150 valence electrons. The van der Waals surface area contributed by atoms with Crippen molar-refractivity contribution in [1.82, 2.24) is 30.0 Å². The number of halogens is 2. The van der Waals surface area contributed by atoms with E-state index >= 15 is 0 Å². The van der Waals surface area contributed by atoms with Crippen LogP contribution in [0.4, 0.5) is 20.4 Å². The lowest BCUT2D eigenvalue weighted by Gasteiger charge is -2.30. The number of nitrogens with one attached hydrogen (secondary N) is 3. The van der Waals surface area contributed by atoms with Crippen LogP contribution in [-0.4, -0.2) is 50.4 Å². The first-order valence-electron chi connectivity index (χ1n) is 9.37. The highest BCUT2D eigenvalue weighted by atomic mass is 19.3. The number of aromatic amines is 1. The van der Waals surface area contributed by atoms with E-state index in [1.807, 2.05) is 24.6 Å². The van der Waals surface area contributed by atoms with Crippen molar-refractivity contribution >= 4 is 22.7 Å². The van der Waals surface area contributed by atoms with Gasteiger partial charge in [-0.3, -0.25) is 4.68 Å². The van der Waals surface area contributed by atoms with Crippen molar-refractivity contribution in [3.63, 3.8) is 0 Å². The standard InChI is InChI=1S/C18H23F2N7O/c1-3-28-17-12-5-7-22-16(12)25-18(26-17)24-14-9-23-27(10(14)2)11-4-6-21-13(8-11)15(19)20/h5,7,9,11,13,15,21H,3-4,6,8H2,1-2H3,(H2,22,24,25,26)/t11-,13+/m0/s1. The number of aromatic nitrogens is 5. The minimum absolute atomic E-state index is 0.0680. The first-order valence-corrected chi connectivity index (χ1v) is 9.37. The van der Waals surface area contributed by atoms with Gasteiger partial charge in [0.25, 0.3) is 6.43 Å². The Morgan fingerprint density at radius 3 is 3.04 bits per heavy atom. The van der Waals surface area contributed by atoms with Gasteiger partial charge in [0, 0.05) is 6.20 Å². The lowest BCUT2D eigenvalue weighted by molar-refractivity contribution is 0.0716. The molecule has 3 N–H and O–H groups in total. The third kappa shape index (κ3) is 3.51. The molecule has 0 radical (unpaired) electrons. The lowest BCUT2D eigenvalue weighted by atomic mass is 9.99. The second-order valence-electron chi connectivity index (χ2n) is 6.81. The minimum atomic E-state index is -2.38. The van der Waals surface area contributed by atoms with Gasteiger partial charge in [0.05, 0.1) is 41.7 Å². The van der Waals surface area contributed by atoms with E-state index in [1.165, 1.54) is 0 Å². The molecule has 1 aliphatic rings. The summed E-state index contributed by atoms with van der Waals surface area (Å²) in [5.41, 5.74) is 2.26. The fourth-order valence-corrected chi connectivity index (χ4v) is 3.59. The second kappa shape index (κ2) is 7.70. The van der Waals surface area contributed by atoms with Crippen LogP contribution >= 0.6 is 0 Å². The van der Waals surface area contributed by atoms with Crippen LogP contribution in [0.25, 0.3) is 11.0 Å². The zero-order chi connectivity index (χ0) is 19.7. The number of alkyl halides is 2. The smallest absolute Gasteiger partial charge is 0.253 e. The van der Waals surface area contributed by atoms with Crippen LogP contribution in [0, 0.1) is 6.92 Å². The summed E-state index contributed by atoms with van der Waals surface area (Å²) in [6, 6.07) is 0.997. The number of rotatable bonds is 6. The maximum Gasteiger partial charge on any atom is 0.253 e. The minimum Gasteiger partial charge on any atom is -0.477 e. The van der Waals surface area contributed by atoms with Gasteiger partial charge >= 0.3 is 0 Å². The van der Waals surface area contributed by atoms with E-state index in [4.69, 9.17) is 4.74 Å². The molecule has 0 spiro atoms. The summed E-state index contributed by atoms with van der Waals surface area (Å²) in [5, 5.41) is 11.3. The summed E-state index contributed by atoms with van der Waals surface area (Å²) < 4.78 is 33.6. The maximum absolute atomic E-state index is 13.1. The summed E-state index contributed by atoms with van der Waals surface area (Å²) in [4.78, 5) is 12.0. The Labute approximate surface area is 160 Å². The molecule has 0 unspecified atom stereocenters. The molecule has 4 rings (SSSR count). The van der Waals surface area contributed by atoms with Crippen molar-refractivity contribution in [3.05, 3.63) is 24.2 Å². The molecule has 2 atom stereocenters. The number of fused-ring (bicyclic) bond motifs is 1. The van der Waals surface area contributed by atoms with Gasteiger partial charge in [0.15, 0.2) is 0 Å². The number of H-pyrrole nitrogens is 1. The van der Waals surface area contributed by atoms with E-state index in [2.05, 4.69) is 30.7 Å². The van der Waals surface area contributed by atoms with Gasteiger partial charge in [-0.1, -0.05) is 0 Å². The molecule has 4 heterocycles. The summed E-state index contributed by atoms with van der Waals surface area (Å²) in [6.07, 6.45) is 2.18. The molecule has 1 fully saturated rings. The summed E-state index contributed by atoms with van der Waals surface area (Å²) in [5.74, 6) is 0.885. The number of nitrogens with zero attached hydrogens (tertiary/aromatic N) is 4. The molecule has 0 bridgehead atoms. The fourth-order valence-electron chi connectivity index (χ4n) is 3.59. The molecular formula is C18H23F2N7O. The van der Waals surface area contributed by atoms with Crippen molar-refractivity contribution in [1.29, 1.82) is 0 Å². The van der Waals surface area contributed by atoms with Crippen LogP contribution in [-0.2, 0) is 0 Å². The van der Waals surface area contributed by atoms with Crippen LogP contribution in [0.1, 0.15) is 31.5 Å². The molecule has 0 aromatic carbocycles. The van der Waals surface area contributed by atoms with Crippen LogP contribution in [0.2, 0.25) is 0 Å². The molecule has 3 aromatic heterocycles. The predicted octanol–water partition coefficient (Wildman–Crippen LogP) is 3.16. The normalized spacial score (nSPS) is 20.0. The largest absolute Gasteiger partial charge is 0.477 e. The number of hydrogen-bond donors (Lipinski definition) is 3. The van der Waals surface area contributed by atoms with E-state index in [0.717, 1.165) is 23.2 Å². The highest BCUT2D eigenvalue weighted by Gasteiger charge is 2.30. The Bertz CT molecular complexity index is 955. The number of anilines is 2. The van der Waals surface area contributed by atoms with Gasteiger partial charge in [-0.25, -0.2) is 8.78 Å². The van der Waals surface area contributed by atoms with Gasteiger partial charge in [-0.05, 0) is 39.3 Å². The first-order chi connectivity index (χ1) is 13.6. The highest BCUT2D eigenvalue weighted by molar-refractivity contribution is 5.82. The zero-order valence-electron chi connectivity index (χ0n) is 15.7. The Morgan fingerprint density at radius 1 is 1.39 bits per heavy atom. The van der Waals surface area contributed by atoms with Crippen LogP contribution in [0.5, 0.6) is 5.88 Å². The summed E-state index contributed by atoms with van der Waals surface area (Å²) in [6.45, 7) is 4.85. The summed E-state index contributed by atoms with van der Waals surface area (Å²) >= 11 is 0. The average Bonchev–Trinajstić information content (AvgIpc) is 3.29. The zero-order valence-corrected chi connectivity index (χ0v) is 15.7. The third-order valence-electron chi connectivity index (χ3n) is 5.01. The van der Waals surface area contributed by atoms with E-state index in [9.17, 15) is 8.78 Å². The molecule has 0 amide bonds. The van der Waals surface area contributed by atoms with E-state index < -0.39 is 12.5 Å². The van der Waals surface area contributed by atoms with Crippen molar-refractivity contribution in [2.24, 2.45) is 0 Å². The SMILES string of the molecule is CCOc1nc(Nc2cnn([C@H]3CCN[C@@H](C(F)F)C3)c2C)nc2[nH]ccc12. The molecule has 1 aliphatic heterocycles. The van der Waals surface area contributed by atoms with Gasteiger partial charge in [0.1, 0.15) is 5.65 Å². The van der Waals surface area contributed by atoms with Gasteiger partial charge in [0.2, 0.25) is 11.8 Å². The molecule has 8 nitrogen and oxygen atoms in total. The topological polar surface area (TPSA) is 92.7 Å². The van der Waals surface area contributed by atoms with Crippen molar-refractivity contribution < 1.29 is 13.5 Å². The number of ether oxygens (including phenoxy) is 1. The molecule has 0 aliphatic carbocycles. The van der Waals surface area contributed by atoms with Gasteiger partial charge < -0.3 is 20.4 Å². The van der Waals surface area contributed by atoms with Crippen LogP contribution < -0.4 is 15.4 Å². The Hall–Kier alpha value is -2.75. The third-order valence-corrected chi connectivity index (χ3v) is 5.01. The fraction of sp³-hybridized carbons (Fsp3) is 0.500. The van der Waals surface area contributed by atoms with Crippen LogP contribution in [0.15, 0.2) is 18.5 Å². The quantitative estimate of drug-likeness (QED) is 0.598.